The minimum atomic E-state index is -0.0860. The summed E-state index contributed by atoms with van der Waals surface area (Å²) < 4.78 is 0. The van der Waals surface area contributed by atoms with Gasteiger partial charge in [0.1, 0.15) is 16.9 Å². The van der Waals surface area contributed by atoms with E-state index in [1.165, 1.54) is 31.0 Å². The van der Waals surface area contributed by atoms with E-state index in [2.05, 4.69) is 11.1 Å². The van der Waals surface area contributed by atoms with Crippen LogP contribution < -0.4 is 0 Å². The minimum absolute atomic E-state index is 0.0860. The highest BCUT2D eigenvalue weighted by Gasteiger charge is 2.54. The molecule has 142 valence electrons. The monoisotopic (exact) mass is 389 g/mol. The van der Waals surface area contributed by atoms with Crippen molar-refractivity contribution < 1.29 is 4.79 Å². The Hall–Kier alpha value is -2.19. The van der Waals surface area contributed by atoms with Gasteiger partial charge in [0, 0.05) is 23.4 Å². The molecule has 4 saturated carbocycles. The van der Waals surface area contributed by atoms with Crippen LogP contribution in [0.2, 0.25) is 0 Å². The van der Waals surface area contributed by atoms with Gasteiger partial charge in [-0.15, -0.1) is 0 Å². The molecular formula is C23H23N3OS. The number of hydrogen-bond donors (Lipinski definition) is 0. The zero-order valence-corrected chi connectivity index (χ0v) is 16.6. The van der Waals surface area contributed by atoms with Crippen molar-refractivity contribution in [3.05, 3.63) is 42.2 Å². The van der Waals surface area contributed by atoms with E-state index in [1.807, 2.05) is 18.2 Å². The molecule has 4 nitrogen and oxygen atoms in total. The van der Waals surface area contributed by atoms with E-state index in [0.29, 0.717) is 22.1 Å². The van der Waals surface area contributed by atoms with E-state index in [0.717, 1.165) is 48.3 Å². The number of ketones is 1. The number of hydrogen-bond acceptors (Lipinski definition) is 5. The first-order valence-electron chi connectivity index (χ1n) is 10.1. The lowest BCUT2D eigenvalue weighted by Crippen LogP contribution is -2.50. The van der Waals surface area contributed by atoms with Gasteiger partial charge in [-0.25, -0.2) is 4.98 Å². The summed E-state index contributed by atoms with van der Waals surface area (Å²) in [7, 11) is 0. The van der Waals surface area contributed by atoms with Gasteiger partial charge in [-0.1, -0.05) is 11.8 Å². The smallest absolute Gasteiger partial charge is 0.149 e. The summed E-state index contributed by atoms with van der Waals surface area (Å²) in [5, 5.41) is 10.1. The first kappa shape index (κ1) is 17.9. The molecule has 4 aliphatic carbocycles. The Bertz CT molecular complexity index is 915. The quantitative estimate of drug-likeness (QED) is 0.681. The molecule has 4 fully saturated rings. The van der Waals surface area contributed by atoms with Crippen LogP contribution in [0, 0.1) is 34.5 Å². The fraction of sp³-hybridized carbons (Fsp3) is 0.478. The van der Waals surface area contributed by atoms with Crippen LogP contribution in [0.4, 0.5) is 0 Å². The number of nitrogens with zero attached hydrogens (tertiary/aromatic N) is 3. The first-order chi connectivity index (χ1) is 13.6. The maximum absolute atomic E-state index is 13.3. The molecule has 0 amide bonds. The highest BCUT2D eigenvalue weighted by molar-refractivity contribution is 8.00. The zero-order valence-electron chi connectivity index (χ0n) is 15.8. The molecule has 0 saturated heterocycles. The summed E-state index contributed by atoms with van der Waals surface area (Å²) in [6.07, 6.45) is 10.8. The van der Waals surface area contributed by atoms with Crippen molar-refractivity contribution in [1.82, 2.24) is 9.97 Å². The van der Waals surface area contributed by atoms with Crippen LogP contribution in [0.25, 0.3) is 11.3 Å². The van der Waals surface area contributed by atoms with Gasteiger partial charge in [-0.3, -0.25) is 9.78 Å². The Morgan fingerprint density at radius 3 is 2.32 bits per heavy atom. The van der Waals surface area contributed by atoms with Crippen LogP contribution in [0.15, 0.2) is 41.7 Å². The molecule has 5 heteroatoms. The molecule has 2 aromatic heterocycles. The third-order valence-electron chi connectivity index (χ3n) is 6.93. The average molecular weight is 390 g/mol. The van der Waals surface area contributed by atoms with Gasteiger partial charge in [0.15, 0.2) is 0 Å². The van der Waals surface area contributed by atoms with Crippen LogP contribution in [-0.2, 0) is 4.79 Å². The van der Waals surface area contributed by atoms with Crippen LogP contribution >= 0.6 is 11.8 Å². The van der Waals surface area contributed by atoms with E-state index in [-0.39, 0.29) is 5.41 Å². The van der Waals surface area contributed by atoms with Crippen LogP contribution in [0.1, 0.15) is 44.1 Å². The highest BCUT2D eigenvalue weighted by Crippen LogP contribution is 2.60. The fourth-order valence-corrected chi connectivity index (χ4v) is 7.06. The largest absolute Gasteiger partial charge is 0.298 e. The Balaban J connectivity index is 1.35. The molecule has 0 radical (unpaired) electrons. The summed E-state index contributed by atoms with van der Waals surface area (Å²) in [6.45, 7) is 0. The number of Topliss-reactive ketones (excluding diaryl/α,β-unsaturated/α-hetero) is 1. The van der Waals surface area contributed by atoms with E-state index < -0.39 is 0 Å². The normalized spacial score (nSPS) is 30.2. The summed E-state index contributed by atoms with van der Waals surface area (Å²) in [4.78, 5) is 22.0. The third kappa shape index (κ3) is 3.14. The lowest BCUT2D eigenvalue weighted by atomic mass is 9.48. The van der Waals surface area contributed by atoms with Crippen molar-refractivity contribution >= 4 is 17.5 Å². The van der Waals surface area contributed by atoms with E-state index in [1.54, 1.807) is 18.5 Å². The van der Waals surface area contributed by atoms with E-state index in [4.69, 9.17) is 4.98 Å². The molecule has 28 heavy (non-hydrogen) atoms. The maximum atomic E-state index is 13.3. The van der Waals surface area contributed by atoms with Gasteiger partial charge in [-0.05, 0) is 80.5 Å². The summed E-state index contributed by atoms with van der Waals surface area (Å²) in [5.74, 6) is 3.11. The van der Waals surface area contributed by atoms with Crippen molar-refractivity contribution in [2.45, 2.75) is 43.6 Å². The number of nitriles is 1. The molecular weight excluding hydrogens is 366 g/mol. The lowest BCUT2D eigenvalue weighted by molar-refractivity contribution is -0.141. The number of carbonyl (C=O) groups excluding carboxylic acids is 1. The standard InChI is InChI=1S/C23H23N3OS/c24-13-19-1-2-20(18-3-5-25-6-4-18)26-22(19)28-14-21(27)23-10-15-7-16(11-23)9-17(8-15)12-23/h1-6,15-17H,7-12,14H2. The van der Waals surface area contributed by atoms with Gasteiger partial charge < -0.3 is 0 Å². The van der Waals surface area contributed by atoms with E-state index in [9.17, 15) is 10.1 Å². The number of carbonyl (C=O) groups is 1. The second-order valence-corrected chi connectivity index (χ2v) is 9.77. The van der Waals surface area contributed by atoms with Gasteiger partial charge in [0.2, 0.25) is 0 Å². The molecule has 2 aromatic rings. The summed E-state index contributed by atoms with van der Waals surface area (Å²) in [5.41, 5.74) is 2.23. The lowest BCUT2D eigenvalue weighted by Gasteiger charge is -2.56. The second-order valence-electron chi connectivity index (χ2n) is 8.81. The van der Waals surface area contributed by atoms with Gasteiger partial charge in [-0.2, -0.15) is 5.26 Å². The minimum Gasteiger partial charge on any atom is -0.298 e. The fourth-order valence-electron chi connectivity index (χ4n) is 6.06. The molecule has 2 heterocycles. The Morgan fingerprint density at radius 1 is 1.07 bits per heavy atom. The van der Waals surface area contributed by atoms with Gasteiger partial charge in [0.05, 0.1) is 17.0 Å². The highest BCUT2D eigenvalue weighted by atomic mass is 32.2. The SMILES string of the molecule is N#Cc1ccc(-c2ccncc2)nc1SCC(=O)C12CC3CC(CC(C3)C1)C2. The Kier molecular flexibility index (Phi) is 4.47. The van der Waals surface area contributed by atoms with Crippen molar-refractivity contribution in [3.63, 3.8) is 0 Å². The zero-order chi connectivity index (χ0) is 19.1. The molecule has 0 aromatic carbocycles. The first-order valence-corrected chi connectivity index (χ1v) is 11.1. The third-order valence-corrected chi connectivity index (χ3v) is 7.92. The van der Waals surface area contributed by atoms with Crippen LogP contribution in [-0.4, -0.2) is 21.5 Å². The molecule has 0 aliphatic heterocycles. The van der Waals surface area contributed by atoms with Crippen molar-refractivity contribution in [1.29, 1.82) is 5.26 Å². The molecule has 0 N–H and O–H groups in total. The molecule has 0 atom stereocenters. The molecule has 0 unspecified atom stereocenters. The number of rotatable bonds is 5. The topological polar surface area (TPSA) is 66.6 Å². The average Bonchev–Trinajstić information content (AvgIpc) is 2.71. The van der Waals surface area contributed by atoms with Gasteiger partial charge >= 0.3 is 0 Å². The van der Waals surface area contributed by atoms with Gasteiger partial charge in [0.25, 0.3) is 0 Å². The summed E-state index contributed by atoms with van der Waals surface area (Å²) >= 11 is 1.44. The number of thioether (sulfide) groups is 1. The van der Waals surface area contributed by atoms with Crippen molar-refractivity contribution in [2.24, 2.45) is 23.2 Å². The second kappa shape index (κ2) is 7.00. The molecule has 6 rings (SSSR count). The summed E-state index contributed by atoms with van der Waals surface area (Å²) in [6, 6.07) is 9.70. The molecule has 4 bridgehead atoms. The van der Waals surface area contributed by atoms with E-state index >= 15 is 0 Å². The van der Waals surface area contributed by atoms with Crippen LogP contribution in [0.3, 0.4) is 0 Å². The predicted octanol–water partition coefficient (Wildman–Crippen LogP) is 4.89. The maximum Gasteiger partial charge on any atom is 0.149 e. The number of pyridine rings is 2. The number of aromatic nitrogens is 2. The van der Waals surface area contributed by atoms with Crippen molar-refractivity contribution in [2.75, 3.05) is 5.75 Å². The molecule has 4 aliphatic rings. The predicted molar refractivity (Wildman–Crippen MR) is 109 cm³/mol. The van der Waals surface area contributed by atoms with Crippen LogP contribution in [0.5, 0.6) is 0 Å². The van der Waals surface area contributed by atoms with Crippen molar-refractivity contribution in [3.8, 4) is 17.3 Å². The Morgan fingerprint density at radius 2 is 1.71 bits per heavy atom. The Labute approximate surface area is 169 Å². The molecule has 0 spiro atoms.